The number of esters is 1. The molecular weight excluding hydrogens is 433 g/mol. The Morgan fingerprint density at radius 1 is 1.27 bits per heavy atom. The average Bonchev–Trinajstić information content (AvgIpc) is 3.37. The van der Waals surface area contributed by atoms with E-state index in [9.17, 15) is 23.2 Å². The molecule has 2 aromatic heterocycles. The van der Waals surface area contributed by atoms with E-state index in [-0.39, 0.29) is 18.0 Å². The number of rotatable bonds is 4. The Bertz CT molecular complexity index is 1170. The molecule has 6 nitrogen and oxygen atoms in total. The number of carbonyl (C=O) groups is 1. The number of halogens is 3. The SMILES string of the molecule is COC(=O)C1CN(c2ccc(C(F)(F)F)cc2C#N)CCC1c1ccc(-c2ccc[nH]2)nc1. The number of pyridine rings is 1. The van der Waals surface area contributed by atoms with E-state index in [0.29, 0.717) is 18.7 Å². The molecule has 2 atom stereocenters. The standard InChI is InChI=1S/C24H21F3N4O2/c1-33-23(32)19-14-31(22-7-5-17(24(25,26)27)11-16(22)12-28)10-8-18(19)15-4-6-21(30-13-15)20-3-2-9-29-20/h2-7,9,11,13,18-19,29H,8,10,14H2,1H3. The summed E-state index contributed by atoms with van der Waals surface area (Å²) in [6.45, 7) is 0.687. The molecule has 0 aliphatic carbocycles. The van der Waals surface area contributed by atoms with Crippen LogP contribution in [0.25, 0.3) is 11.4 Å². The molecule has 0 bridgehead atoms. The molecule has 3 aromatic rings. The molecule has 1 aliphatic heterocycles. The number of benzene rings is 1. The van der Waals surface area contributed by atoms with Crippen LogP contribution in [0.15, 0.2) is 54.9 Å². The minimum atomic E-state index is -4.54. The summed E-state index contributed by atoms with van der Waals surface area (Å²) in [4.78, 5) is 22.0. The molecular formula is C24H21F3N4O2. The lowest BCUT2D eigenvalue weighted by molar-refractivity contribution is -0.146. The number of ether oxygens (including phenoxy) is 1. The maximum Gasteiger partial charge on any atom is 0.416 e. The van der Waals surface area contributed by atoms with Gasteiger partial charge in [-0.25, -0.2) is 0 Å². The van der Waals surface area contributed by atoms with E-state index in [2.05, 4.69) is 9.97 Å². The van der Waals surface area contributed by atoms with Crippen LogP contribution >= 0.6 is 0 Å². The number of hydrogen-bond acceptors (Lipinski definition) is 5. The highest BCUT2D eigenvalue weighted by atomic mass is 19.4. The molecule has 1 aromatic carbocycles. The summed E-state index contributed by atoms with van der Waals surface area (Å²) in [5.74, 6) is -1.14. The Labute approximate surface area is 188 Å². The van der Waals surface area contributed by atoms with Gasteiger partial charge < -0.3 is 14.6 Å². The zero-order chi connectivity index (χ0) is 23.6. The maximum atomic E-state index is 13.1. The van der Waals surface area contributed by atoms with Crippen LogP contribution < -0.4 is 4.90 Å². The lowest BCUT2D eigenvalue weighted by Gasteiger charge is -2.39. The summed E-state index contributed by atoms with van der Waals surface area (Å²) in [5.41, 5.74) is 1.96. The Hall–Kier alpha value is -3.80. The van der Waals surface area contributed by atoms with Gasteiger partial charge in [0.15, 0.2) is 0 Å². The highest BCUT2D eigenvalue weighted by Gasteiger charge is 2.38. The number of anilines is 1. The van der Waals surface area contributed by atoms with Crippen LogP contribution in [0.3, 0.4) is 0 Å². The molecule has 1 saturated heterocycles. The van der Waals surface area contributed by atoms with Gasteiger partial charge in [0.25, 0.3) is 0 Å². The highest BCUT2D eigenvalue weighted by Crippen LogP contribution is 2.38. The maximum absolute atomic E-state index is 13.1. The predicted octanol–water partition coefficient (Wildman–Crippen LogP) is 4.75. The first-order chi connectivity index (χ1) is 15.8. The lowest BCUT2D eigenvalue weighted by atomic mass is 9.80. The molecule has 0 saturated carbocycles. The molecule has 1 fully saturated rings. The van der Waals surface area contributed by atoms with Gasteiger partial charge in [0.05, 0.1) is 41.2 Å². The molecule has 1 aliphatic rings. The van der Waals surface area contributed by atoms with Crippen LogP contribution in [0.5, 0.6) is 0 Å². The molecule has 0 amide bonds. The van der Waals surface area contributed by atoms with Gasteiger partial charge in [-0.1, -0.05) is 6.07 Å². The normalized spacial score (nSPS) is 18.6. The first-order valence-electron chi connectivity index (χ1n) is 10.4. The Morgan fingerprint density at radius 3 is 2.70 bits per heavy atom. The number of aromatic nitrogens is 2. The minimum absolute atomic E-state index is 0.0798. The number of hydrogen-bond donors (Lipinski definition) is 1. The van der Waals surface area contributed by atoms with E-state index in [4.69, 9.17) is 4.74 Å². The molecule has 0 radical (unpaired) electrons. The third-order valence-corrected chi connectivity index (χ3v) is 5.99. The summed E-state index contributed by atoms with van der Waals surface area (Å²) < 4.78 is 44.2. The highest BCUT2D eigenvalue weighted by molar-refractivity contribution is 5.75. The van der Waals surface area contributed by atoms with Gasteiger partial charge >= 0.3 is 12.1 Å². The fraction of sp³-hybridized carbons (Fsp3) is 0.292. The van der Waals surface area contributed by atoms with Crippen LogP contribution in [-0.2, 0) is 15.7 Å². The molecule has 1 N–H and O–H groups in total. The van der Waals surface area contributed by atoms with Crippen molar-refractivity contribution < 1.29 is 22.7 Å². The van der Waals surface area contributed by atoms with E-state index in [1.165, 1.54) is 13.2 Å². The summed E-state index contributed by atoms with van der Waals surface area (Å²) in [5, 5.41) is 9.45. The first-order valence-corrected chi connectivity index (χ1v) is 10.4. The fourth-order valence-electron chi connectivity index (χ4n) is 4.31. The summed E-state index contributed by atoms with van der Waals surface area (Å²) in [6, 6.07) is 12.6. The monoisotopic (exact) mass is 454 g/mol. The van der Waals surface area contributed by atoms with Crippen LogP contribution in [0.4, 0.5) is 18.9 Å². The molecule has 9 heteroatoms. The van der Waals surface area contributed by atoms with E-state index in [1.54, 1.807) is 11.1 Å². The Morgan fingerprint density at radius 2 is 2.09 bits per heavy atom. The van der Waals surface area contributed by atoms with Crippen molar-refractivity contribution in [3.63, 3.8) is 0 Å². The quantitative estimate of drug-likeness (QED) is 0.576. The minimum Gasteiger partial charge on any atom is -0.469 e. The topological polar surface area (TPSA) is 82.0 Å². The van der Waals surface area contributed by atoms with Crippen LogP contribution in [0.1, 0.15) is 29.0 Å². The van der Waals surface area contributed by atoms with Gasteiger partial charge in [0.2, 0.25) is 0 Å². The van der Waals surface area contributed by atoms with Crippen molar-refractivity contribution in [1.82, 2.24) is 9.97 Å². The number of nitrogens with one attached hydrogen (secondary N) is 1. The number of aromatic amines is 1. The van der Waals surface area contributed by atoms with Gasteiger partial charge in [0, 0.05) is 31.4 Å². The van der Waals surface area contributed by atoms with Crippen molar-refractivity contribution >= 4 is 11.7 Å². The third-order valence-electron chi connectivity index (χ3n) is 5.99. The number of methoxy groups -OCH3 is 1. The zero-order valence-corrected chi connectivity index (χ0v) is 17.8. The molecule has 3 heterocycles. The van der Waals surface area contributed by atoms with Crippen LogP contribution in [-0.4, -0.2) is 36.1 Å². The number of nitriles is 1. The van der Waals surface area contributed by atoms with Gasteiger partial charge in [-0.2, -0.15) is 18.4 Å². The van der Waals surface area contributed by atoms with Crippen molar-refractivity contribution in [3.05, 3.63) is 71.5 Å². The number of alkyl halides is 3. The number of piperidine rings is 1. The predicted molar refractivity (Wildman–Crippen MR) is 115 cm³/mol. The number of H-pyrrole nitrogens is 1. The second kappa shape index (κ2) is 8.98. The van der Waals surface area contributed by atoms with Gasteiger partial charge in [0.1, 0.15) is 6.07 Å². The zero-order valence-electron chi connectivity index (χ0n) is 17.8. The molecule has 4 rings (SSSR count). The summed E-state index contributed by atoms with van der Waals surface area (Å²) >= 11 is 0. The summed E-state index contributed by atoms with van der Waals surface area (Å²) in [6.07, 6.45) is -0.434. The van der Waals surface area contributed by atoms with Crippen molar-refractivity contribution in [2.24, 2.45) is 5.92 Å². The largest absolute Gasteiger partial charge is 0.469 e. The molecule has 170 valence electrons. The Kier molecular flexibility index (Phi) is 6.09. The Balaban J connectivity index is 1.60. The van der Waals surface area contributed by atoms with Gasteiger partial charge in [-0.3, -0.25) is 9.78 Å². The fourth-order valence-corrected chi connectivity index (χ4v) is 4.31. The van der Waals surface area contributed by atoms with E-state index < -0.39 is 23.6 Å². The smallest absolute Gasteiger partial charge is 0.416 e. The van der Waals surface area contributed by atoms with E-state index in [1.807, 2.05) is 36.5 Å². The van der Waals surface area contributed by atoms with Crippen LogP contribution in [0.2, 0.25) is 0 Å². The van der Waals surface area contributed by atoms with Crippen molar-refractivity contribution in [2.75, 3.05) is 25.1 Å². The number of carbonyl (C=O) groups excluding carboxylic acids is 1. The lowest BCUT2D eigenvalue weighted by Crippen LogP contribution is -2.43. The van der Waals surface area contributed by atoms with Gasteiger partial charge in [-0.05, 0) is 48.4 Å². The van der Waals surface area contributed by atoms with Gasteiger partial charge in [-0.15, -0.1) is 0 Å². The third kappa shape index (κ3) is 4.55. The average molecular weight is 454 g/mol. The van der Waals surface area contributed by atoms with E-state index in [0.717, 1.165) is 29.1 Å². The second-order valence-corrected chi connectivity index (χ2v) is 7.87. The second-order valence-electron chi connectivity index (χ2n) is 7.87. The molecule has 0 spiro atoms. The van der Waals surface area contributed by atoms with Crippen molar-refractivity contribution in [1.29, 1.82) is 5.26 Å². The molecule has 33 heavy (non-hydrogen) atoms. The first kappa shape index (κ1) is 22.4. The molecule has 2 unspecified atom stereocenters. The number of nitrogens with zero attached hydrogens (tertiary/aromatic N) is 3. The van der Waals surface area contributed by atoms with Crippen molar-refractivity contribution in [2.45, 2.75) is 18.5 Å². The van der Waals surface area contributed by atoms with Crippen LogP contribution in [0, 0.1) is 17.2 Å². The summed E-state index contributed by atoms with van der Waals surface area (Å²) in [7, 11) is 1.31. The van der Waals surface area contributed by atoms with Crippen molar-refractivity contribution in [3.8, 4) is 17.5 Å². The van der Waals surface area contributed by atoms with E-state index >= 15 is 0 Å².